The van der Waals surface area contributed by atoms with E-state index in [9.17, 15) is 9.59 Å². The van der Waals surface area contributed by atoms with Crippen LogP contribution in [-0.2, 0) is 16.1 Å². The number of carbonyl (C=O) groups is 2. The molecule has 1 saturated carbocycles. The zero-order valence-electron chi connectivity index (χ0n) is 15.8. The molecule has 1 atom stereocenters. The number of carbonyl (C=O) groups excluding carboxylic acids is 2. The summed E-state index contributed by atoms with van der Waals surface area (Å²) in [5, 5.41) is 0. The minimum absolute atomic E-state index is 0.0953. The molecule has 2 heterocycles. The maximum Gasteiger partial charge on any atom is 0.228 e. The van der Waals surface area contributed by atoms with Gasteiger partial charge in [0.05, 0.1) is 5.92 Å². The van der Waals surface area contributed by atoms with E-state index < -0.39 is 0 Å². The molecule has 3 fully saturated rings. The highest BCUT2D eigenvalue weighted by molar-refractivity contribution is 9.10. The van der Waals surface area contributed by atoms with Crippen LogP contribution in [0, 0.1) is 5.92 Å². The van der Waals surface area contributed by atoms with Crippen molar-refractivity contribution in [2.24, 2.45) is 5.92 Å². The highest BCUT2D eigenvalue weighted by atomic mass is 79.9. The van der Waals surface area contributed by atoms with Crippen molar-refractivity contribution in [2.75, 3.05) is 32.7 Å². The van der Waals surface area contributed by atoms with Gasteiger partial charge in [-0.25, -0.2) is 0 Å². The Kier molecular flexibility index (Phi) is 5.83. The fourth-order valence-corrected chi connectivity index (χ4v) is 5.23. The van der Waals surface area contributed by atoms with E-state index in [1.54, 1.807) is 0 Å². The SMILES string of the molecule is O=C1CC(C(=O)N2CCN(C3CCCC3)CC2)CN1Cc1cccc(Br)c1. The number of amides is 2. The smallest absolute Gasteiger partial charge is 0.228 e. The zero-order chi connectivity index (χ0) is 18.8. The van der Waals surface area contributed by atoms with Gasteiger partial charge in [0.1, 0.15) is 0 Å². The third kappa shape index (κ3) is 4.37. The summed E-state index contributed by atoms with van der Waals surface area (Å²) in [6.07, 6.45) is 5.69. The normalized spacial score (nSPS) is 24.8. The van der Waals surface area contributed by atoms with Gasteiger partial charge in [0.25, 0.3) is 0 Å². The largest absolute Gasteiger partial charge is 0.340 e. The van der Waals surface area contributed by atoms with Crippen molar-refractivity contribution >= 4 is 27.7 Å². The maximum atomic E-state index is 12.9. The number of likely N-dealkylation sites (tertiary alicyclic amines) is 1. The first-order valence-corrected chi connectivity index (χ1v) is 10.9. The Bertz CT molecular complexity index is 696. The van der Waals surface area contributed by atoms with E-state index in [0.717, 1.165) is 42.3 Å². The Balaban J connectivity index is 1.30. The van der Waals surface area contributed by atoms with E-state index in [1.807, 2.05) is 34.1 Å². The standard InChI is InChI=1S/C21H28BrN3O2/c22-18-5-3-4-16(12-18)14-25-15-17(13-20(25)26)21(27)24-10-8-23(9-11-24)19-6-1-2-7-19/h3-5,12,17,19H,1-2,6-11,13-15H2. The van der Waals surface area contributed by atoms with Gasteiger partial charge in [0, 0.05) is 56.2 Å². The van der Waals surface area contributed by atoms with Gasteiger partial charge in [-0.05, 0) is 30.5 Å². The van der Waals surface area contributed by atoms with Crippen molar-refractivity contribution in [2.45, 2.75) is 44.7 Å². The topological polar surface area (TPSA) is 43.9 Å². The second-order valence-electron chi connectivity index (χ2n) is 8.10. The monoisotopic (exact) mass is 433 g/mol. The fourth-order valence-electron chi connectivity index (χ4n) is 4.78. The van der Waals surface area contributed by atoms with Crippen LogP contribution in [-0.4, -0.2) is 65.3 Å². The van der Waals surface area contributed by atoms with Crippen LogP contribution in [0.4, 0.5) is 0 Å². The van der Waals surface area contributed by atoms with Crippen LogP contribution in [0.5, 0.6) is 0 Å². The lowest BCUT2D eigenvalue weighted by Gasteiger charge is -2.38. The van der Waals surface area contributed by atoms with Crippen LogP contribution < -0.4 is 0 Å². The molecule has 0 radical (unpaired) electrons. The third-order valence-electron chi connectivity index (χ3n) is 6.29. The van der Waals surface area contributed by atoms with Gasteiger partial charge in [0.2, 0.25) is 11.8 Å². The average molecular weight is 434 g/mol. The van der Waals surface area contributed by atoms with E-state index in [2.05, 4.69) is 20.8 Å². The van der Waals surface area contributed by atoms with Gasteiger partial charge in [0.15, 0.2) is 0 Å². The molecule has 2 aliphatic heterocycles. The molecule has 0 spiro atoms. The fraction of sp³-hybridized carbons (Fsp3) is 0.619. The zero-order valence-corrected chi connectivity index (χ0v) is 17.4. The number of nitrogens with zero attached hydrogens (tertiary/aromatic N) is 3. The molecule has 1 unspecified atom stereocenters. The van der Waals surface area contributed by atoms with Gasteiger partial charge >= 0.3 is 0 Å². The first kappa shape index (κ1) is 18.9. The lowest BCUT2D eigenvalue weighted by atomic mass is 10.1. The Morgan fingerprint density at radius 2 is 1.85 bits per heavy atom. The van der Waals surface area contributed by atoms with Gasteiger partial charge in [-0.15, -0.1) is 0 Å². The predicted molar refractivity (Wildman–Crippen MR) is 108 cm³/mol. The summed E-state index contributed by atoms with van der Waals surface area (Å²) in [5.74, 6) is 0.0896. The number of benzene rings is 1. The Labute approximate surface area is 169 Å². The second kappa shape index (κ2) is 8.31. The van der Waals surface area contributed by atoms with Gasteiger partial charge in [-0.1, -0.05) is 40.9 Å². The van der Waals surface area contributed by atoms with Crippen LogP contribution in [0.25, 0.3) is 0 Å². The number of hydrogen-bond donors (Lipinski definition) is 0. The van der Waals surface area contributed by atoms with Crippen molar-refractivity contribution in [3.63, 3.8) is 0 Å². The molecule has 2 amide bonds. The summed E-state index contributed by atoms with van der Waals surface area (Å²) in [7, 11) is 0. The van der Waals surface area contributed by atoms with Gasteiger partial charge in [-0.3, -0.25) is 14.5 Å². The second-order valence-corrected chi connectivity index (χ2v) is 9.02. The Hall–Kier alpha value is -1.40. The first-order chi connectivity index (χ1) is 13.1. The molecule has 0 aromatic heterocycles. The number of halogens is 1. The number of hydrogen-bond acceptors (Lipinski definition) is 3. The van der Waals surface area contributed by atoms with E-state index >= 15 is 0 Å². The summed E-state index contributed by atoms with van der Waals surface area (Å²) < 4.78 is 1.01. The summed E-state index contributed by atoms with van der Waals surface area (Å²) in [5.41, 5.74) is 1.09. The molecule has 5 nitrogen and oxygen atoms in total. The number of rotatable bonds is 4. The molecule has 27 heavy (non-hydrogen) atoms. The molecule has 1 aromatic rings. The quantitative estimate of drug-likeness (QED) is 0.732. The molecule has 1 aliphatic carbocycles. The minimum atomic E-state index is -0.178. The minimum Gasteiger partial charge on any atom is -0.340 e. The molecule has 6 heteroatoms. The molecular weight excluding hydrogens is 406 g/mol. The van der Waals surface area contributed by atoms with E-state index in [4.69, 9.17) is 0 Å². The van der Waals surface area contributed by atoms with Crippen LogP contribution in [0.2, 0.25) is 0 Å². The van der Waals surface area contributed by atoms with Crippen LogP contribution >= 0.6 is 15.9 Å². The van der Waals surface area contributed by atoms with Crippen molar-refractivity contribution in [3.8, 4) is 0 Å². The highest BCUT2D eigenvalue weighted by Gasteiger charge is 2.37. The summed E-state index contributed by atoms with van der Waals surface area (Å²) in [6, 6.07) is 8.75. The van der Waals surface area contributed by atoms with E-state index in [1.165, 1.54) is 25.7 Å². The molecule has 4 rings (SSSR count). The van der Waals surface area contributed by atoms with Crippen molar-refractivity contribution in [1.82, 2.24) is 14.7 Å². The van der Waals surface area contributed by atoms with Gasteiger partial charge < -0.3 is 9.80 Å². The highest BCUT2D eigenvalue weighted by Crippen LogP contribution is 2.26. The number of piperazine rings is 1. The molecule has 1 aromatic carbocycles. The Morgan fingerprint density at radius 1 is 1.11 bits per heavy atom. The van der Waals surface area contributed by atoms with Crippen molar-refractivity contribution in [3.05, 3.63) is 34.3 Å². The summed E-state index contributed by atoms with van der Waals surface area (Å²) in [6.45, 7) is 4.72. The molecule has 0 bridgehead atoms. The predicted octanol–water partition coefficient (Wildman–Crippen LogP) is 2.88. The molecule has 0 N–H and O–H groups in total. The van der Waals surface area contributed by atoms with E-state index in [-0.39, 0.29) is 17.7 Å². The van der Waals surface area contributed by atoms with Crippen LogP contribution in [0.3, 0.4) is 0 Å². The first-order valence-electron chi connectivity index (χ1n) is 10.2. The van der Waals surface area contributed by atoms with Crippen molar-refractivity contribution in [1.29, 1.82) is 0 Å². The molecule has 3 aliphatic rings. The Morgan fingerprint density at radius 3 is 2.56 bits per heavy atom. The van der Waals surface area contributed by atoms with Crippen LogP contribution in [0.15, 0.2) is 28.7 Å². The van der Waals surface area contributed by atoms with Crippen LogP contribution in [0.1, 0.15) is 37.7 Å². The lowest BCUT2D eigenvalue weighted by Crippen LogP contribution is -2.52. The lowest BCUT2D eigenvalue weighted by molar-refractivity contribution is -0.137. The molecular formula is C21H28BrN3O2. The third-order valence-corrected chi connectivity index (χ3v) is 6.79. The maximum absolute atomic E-state index is 12.9. The summed E-state index contributed by atoms with van der Waals surface area (Å²) >= 11 is 3.47. The molecule has 2 saturated heterocycles. The average Bonchev–Trinajstić information content (AvgIpc) is 3.32. The van der Waals surface area contributed by atoms with E-state index in [0.29, 0.717) is 19.5 Å². The van der Waals surface area contributed by atoms with Gasteiger partial charge in [-0.2, -0.15) is 0 Å². The molecule has 146 valence electrons. The summed E-state index contributed by atoms with van der Waals surface area (Å²) in [4.78, 5) is 31.8. The van der Waals surface area contributed by atoms with Crippen molar-refractivity contribution < 1.29 is 9.59 Å².